The second-order valence-corrected chi connectivity index (χ2v) is 6.45. The zero-order chi connectivity index (χ0) is 20.0. The summed E-state index contributed by atoms with van der Waals surface area (Å²) in [7, 11) is 0. The lowest BCUT2D eigenvalue weighted by atomic mass is 9.76. The highest BCUT2D eigenvalue weighted by atomic mass is 16.4. The van der Waals surface area contributed by atoms with Gasteiger partial charge < -0.3 is 20.0 Å². The molecular weight excluding hydrogens is 332 g/mol. The molecule has 150 valence electrons. The van der Waals surface area contributed by atoms with Crippen LogP contribution in [0.3, 0.4) is 0 Å². The molecule has 0 saturated heterocycles. The first kappa shape index (κ1) is 24.0. The van der Waals surface area contributed by atoms with Crippen LogP contribution in [-0.2, 0) is 9.59 Å². The molecule has 0 bridgehead atoms. The molecule has 0 heterocycles. The van der Waals surface area contributed by atoms with Crippen molar-refractivity contribution in [3.05, 3.63) is 24.6 Å². The van der Waals surface area contributed by atoms with E-state index in [0.717, 1.165) is 26.2 Å². The molecule has 0 aromatic carbocycles. The average molecular weight is 369 g/mol. The average Bonchev–Trinajstić information content (AvgIpc) is 2.61. The van der Waals surface area contributed by atoms with Crippen molar-refractivity contribution in [2.75, 3.05) is 26.2 Å². The zero-order valence-corrected chi connectivity index (χ0v) is 16.8. The summed E-state index contributed by atoms with van der Waals surface area (Å²) in [6.07, 6.45) is 9.20. The quantitative estimate of drug-likeness (QED) is 0.457. The van der Waals surface area contributed by atoms with Gasteiger partial charge in [-0.15, -0.1) is 0 Å². The van der Waals surface area contributed by atoms with Gasteiger partial charge in [0.1, 0.15) is 0 Å². The number of hydrogen-bond acceptors (Lipinski definition) is 4. The van der Waals surface area contributed by atoms with E-state index in [2.05, 4.69) is 37.5 Å². The van der Waals surface area contributed by atoms with Gasteiger partial charge in [-0.2, -0.15) is 0 Å². The van der Waals surface area contributed by atoms with Crippen molar-refractivity contribution in [2.24, 2.45) is 5.41 Å². The lowest BCUT2D eigenvalue weighted by Gasteiger charge is -2.28. The van der Waals surface area contributed by atoms with Crippen LogP contribution in [0.5, 0.6) is 0 Å². The molecule has 0 atom stereocenters. The summed E-state index contributed by atoms with van der Waals surface area (Å²) >= 11 is 0. The normalized spacial score (nSPS) is 13.8. The van der Waals surface area contributed by atoms with Gasteiger partial charge >= 0.3 is 11.9 Å². The summed E-state index contributed by atoms with van der Waals surface area (Å²) < 4.78 is 0. The van der Waals surface area contributed by atoms with Crippen LogP contribution in [0.15, 0.2) is 24.6 Å². The summed E-state index contributed by atoms with van der Waals surface area (Å²) in [6, 6.07) is 0. The Balaban J connectivity index is 5.27. The summed E-state index contributed by atoms with van der Waals surface area (Å²) in [5.41, 5.74) is -0.969. The Kier molecular flexibility index (Phi) is 12.2. The Labute approximate surface area is 158 Å². The minimum atomic E-state index is -0.969. The van der Waals surface area contributed by atoms with Crippen LogP contribution >= 0.6 is 0 Å². The maximum absolute atomic E-state index is 12.1. The van der Waals surface area contributed by atoms with Crippen molar-refractivity contribution < 1.29 is 19.8 Å². The van der Waals surface area contributed by atoms with Crippen molar-refractivity contribution in [1.29, 1.82) is 0 Å². The van der Waals surface area contributed by atoms with E-state index in [1.807, 2.05) is 24.6 Å². The molecule has 0 fully saturated rings. The van der Waals surface area contributed by atoms with Gasteiger partial charge in [-0.25, -0.2) is 0 Å². The Morgan fingerprint density at radius 1 is 0.846 bits per heavy atom. The third-order valence-electron chi connectivity index (χ3n) is 4.77. The van der Waals surface area contributed by atoms with Gasteiger partial charge in [0.25, 0.3) is 0 Å². The highest BCUT2D eigenvalue weighted by Gasteiger charge is 2.36. The third kappa shape index (κ3) is 8.92. The number of hydrogen-bond donors (Lipinski definition) is 2. The van der Waals surface area contributed by atoms with E-state index in [-0.39, 0.29) is 6.42 Å². The SMILES string of the molecule is CCN(C=CCC(CC=CN(CC)CC)(CCCC(=O)O)C(=O)O)CC. The van der Waals surface area contributed by atoms with Gasteiger partial charge in [0.2, 0.25) is 0 Å². The summed E-state index contributed by atoms with van der Waals surface area (Å²) in [6.45, 7) is 11.7. The van der Waals surface area contributed by atoms with E-state index >= 15 is 0 Å². The fourth-order valence-corrected chi connectivity index (χ4v) is 2.87. The lowest BCUT2D eigenvalue weighted by molar-refractivity contribution is -0.150. The van der Waals surface area contributed by atoms with Gasteiger partial charge in [-0.3, -0.25) is 9.59 Å². The second kappa shape index (κ2) is 13.3. The van der Waals surface area contributed by atoms with E-state index in [1.54, 1.807) is 0 Å². The summed E-state index contributed by atoms with van der Waals surface area (Å²) in [4.78, 5) is 27.1. The van der Waals surface area contributed by atoms with Crippen LogP contribution in [0.1, 0.15) is 59.8 Å². The number of rotatable bonds is 15. The molecule has 0 aliphatic heterocycles. The van der Waals surface area contributed by atoms with E-state index in [4.69, 9.17) is 5.11 Å². The molecule has 6 heteroatoms. The number of carbonyl (C=O) groups is 2. The molecule has 0 radical (unpaired) electrons. The van der Waals surface area contributed by atoms with Gasteiger partial charge in [-0.1, -0.05) is 12.2 Å². The van der Waals surface area contributed by atoms with Crippen LogP contribution in [0, 0.1) is 5.41 Å². The standard InChI is InChI=1S/C20H36N2O4/c1-5-21(6-2)16-10-14-20(19(25)26,13-9-12-18(23)24)15-11-17-22(7-3)8-4/h10-11,16-17H,5-9,12-15H2,1-4H3,(H,23,24)(H,25,26). The van der Waals surface area contributed by atoms with Gasteiger partial charge in [0.15, 0.2) is 0 Å². The van der Waals surface area contributed by atoms with E-state index in [0.29, 0.717) is 25.7 Å². The Bertz CT molecular complexity index is 442. The maximum atomic E-state index is 12.1. The van der Waals surface area contributed by atoms with Crippen LogP contribution in [0.4, 0.5) is 0 Å². The van der Waals surface area contributed by atoms with Crippen LogP contribution in [-0.4, -0.2) is 58.1 Å². The number of carboxylic acids is 2. The Morgan fingerprint density at radius 2 is 1.27 bits per heavy atom. The minimum Gasteiger partial charge on any atom is -0.481 e. The molecule has 2 N–H and O–H groups in total. The second-order valence-electron chi connectivity index (χ2n) is 6.45. The highest BCUT2D eigenvalue weighted by Crippen LogP contribution is 2.34. The number of allylic oxidation sites excluding steroid dienone is 2. The van der Waals surface area contributed by atoms with Gasteiger partial charge in [-0.05, 0) is 65.8 Å². The van der Waals surface area contributed by atoms with Gasteiger partial charge in [0.05, 0.1) is 5.41 Å². The smallest absolute Gasteiger partial charge is 0.310 e. The molecule has 0 aliphatic carbocycles. The molecule has 0 spiro atoms. The molecule has 0 rings (SSSR count). The first-order chi connectivity index (χ1) is 12.3. The van der Waals surface area contributed by atoms with E-state index in [9.17, 15) is 14.7 Å². The lowest BCUT2D eigenvalue weighted by Crippen LogP contribution is -2.31. The third-order valence-corrected chi connectivity index (χ3v) is 4.77. The topological polar surface area (TPSA) is 81.1 Å². The maximum Gasteiger partial charge on any atom is 0.310 e. The highest BCUT2D eigenvalue weighted by molar-refractivity contribution is 5.75. The van der Waals surface area contributed by atoms with Crippen molar-refractivity contribution >= 4 is 11.9 Å². The predicted octanol–water partition coefficient (Wildman–Crippen LogP) is 3.80. The molecule has 6 nitrogen and oxygen atoms in total. The van der Waals surface area contributed by atoms with Crippen molar-refractivity contribution in [1.82, 2.24) is 9.80 Å². The Morgan fingerprint density at radius 3 is 1.58 bits per heavy atom. The largest absolute Gasteiger partial charge is 0.481 e. The Hall–Kier alpha value is -1.98. The molecule has 0 aromatic rings. The monoisotopic (exact) mass is 368 g/mol. The predicted molar refractivity (Wildman–Crippen MR) is 105 cm³/mol. The van der Waals surface area contributed by atoms with Crippen LogP contribution in [0.2, 0.25) is 0 Å². The molecule has 0 aliphatic rings. The van der Waals surface area contributed by atoms with E-state index in [1.165, 1.54) is 0 Å². The minimum absolute atomic E-state index is 0.00541. The van der Waals surface area contributed by atoms with Gasteiger partial charge in [0, 0.05) is 32.6 Å². The molecular formula is C20H36N2O4. The number of nitrogens with zero attached hydrogens (tertiary/aromatic N) is 2. The fourth-order valence-electron chi connectivity index (χ4n) is 2.87. The molecule has 0 aromatic heterocycles. The summed E-state index contributed by atoms with van der Waals surface area (Å²) in [5.74, 6) is -1.75. The molecule has 0 unspecified atom stereocenters. The van der Waals surface area contributed by atoms with Crippen molar-refractivity contribution in [3.8, 4) is 0 Å². The fraction of sp³-hybridized carbons (Fsp3) is 0.700. The van der Waals surface area contributed by atoms with Crippen LogP contribution in [0.25, 0.3) is 0 Å². The van der Waals surface area contributed by atoms with Crippen molar-refractivity contribution in [3.63, 3.8) is 0 Å². The number of aliphatic carboxylic acids is 2. The summed E-state index contributed by atoms with van der Waals surface area (Å²) in [5, 5.41) is 18.8. The molecule has 0 amide bonds. The number of carboxylic acid groups (broad SMARTS) is 2. The zero-order valence-electron chi connectivity index (χ0n) is 16.8. The first-order valence-electron chi connectivity index (χ1n) is 9.61. The first-order valence-corrected chi connectivity index (χ1v) is 9.61. The van der Waals surface area contributed by atoms with E-state index < -0.39 is 17.4 Å². The molecule has 0 saturated carbocycles. The van der Waals surface area contributed by atoms with Crippen LogP contribution < -0.4 is 0 Å². The molecule has 26 heavy (non-hydrogen) atoms. The van der Waals surface area contributed by atoms with Crippen molar-refractivity contribution in [2.45, 2.75) is 59.8 Å².